The fourth-order valence-corrected chi connectivity index (χ4v) is 4.34. The Morgan fingerprint density at radius 2 is 0.764 bits per heavy atom. The smallest absolute Gasteiger partial charge is 0.305 e. The second-order valence-electron chi connectivity index (χ2n) is 11.7. The van der Waals surface area contributed by atoms with Crippen LogP contribution in [0.15, 0.2) is 24.3 Å². The average Bonchev–Trinajstić information content (AvgIpc) is 3.19. The molecule has 0 N–H and O–H groups in total. The van der Waals surface area contributed by atoms with E-state index in [1.165, 1.54) is 31.4 Å². The van der Waals surface area contributed by atoms with Crippen molar-refractivity contribution in [2.24, 2.45) is 0 Å². The van der Waals surface area contributed by atoms with Gasteiger partial charge in [-0.1, -0.05) is 32.6 Å². The zero-order valence-corrected chi connectivity index (χ0v) is 33.0. The maximum Gasteiger partial charge on any atom is 0.305 e. The van der Waals surface area contributed by atoms with Gasteiger partial charge in [0.2, 0.25) is 0 Å². The van der Waals surface area contributed by atoms with E-state index in [-0.39, 0.29) is 18.3 Å². The van der Waals surface area contributed by atoms with Crippen LogP contribution < -0.4 is 4.74 Å². The van der Waals surface area contributed by atoms with E-state index in [1.54, 1.807) is 12.1 Å². The zero-order chi connectivity index (χ0) is 39.5. The molecule has 1 rings (SSSR count). The summed E-state index contributed by atoms with van der Waals surface area (Å²) in [6.07, 6.45) is 6.04. The van der Waals surface area contributed by atoms with Crippen molar-refractivity contribution in [3.05, 3.63) is 34.4 Å². The summed E-state index contributed by atoms with van der Waals surface area (Å²) in [5.41, 5.74) is 0.0226. The van der Waals surface area contributed by atoms with Gasteiger partial charge >= 0.3 is 5.97 Å². The third kappa shape index (κ3) is 36.8. The minimum Gasteiger partial charge on any atom is -0.491 e. The van der Waals surface area contributed by atoms with Gasteiger partial charge in [-0.05, 0) is 18.6 Å². The molecule has 0 unspecified atom stereocenters. The number of carbonyl (C=O) groups excluding carboxylic acids is 1. The predicted octanol–water partition coefficient (Wildman–Crippen LogP) is 4.06. The van der Waals surface area contributed by atoms with E-state index >= 15 is 0 Å². The highest BCUT2D eigenvalue weighted by Gasteiger charge is 2.05. The van der Waals surface area contributed by atoms with Crippen LogP contribution in [0.2, 0.25) is 0 Å². The van der Waals surface area contributed by atoms with Crippen LogP contribution in [0.4, 0.5) is 5.69 Å². The van der Waals surface area contributed by atoms with Crippen molar-refractivity contribution < 1.29 is 71.3 Å². The van der Waals surface area contributed by atoms with E-state index in [9.17, 15) is 14.9 Å². The van der Waals surface area contributed by atoms with Gasteiger partial charge in [0.1, 0.15) is 19.0 Å². The molecule has 0 fully saturated rings. The normalized spacial score (nSPS) is 11.3. The molecule has 0 aliphatic rings. The number of hydrogen-bond acceptors (Lipinski definition) is 16. The van der Waals surface area contributed by atoms with Crippen LogP contribution in [-0.2, 0) is 61.6 Å². The minimum atomic E-state index is -0.453. The fraction of sp³-hybridized carbons (Fsp3) is 0.816. The molecule has 17 heteroatoms. The first-order valence-electron chi connectivity index (χ1n) is 19.5. The van der Waals surface area contributed by atoms with E-state index in [1.807, 2.05) is 0 Å². The molecule has 0 radical (unpaired) electrons. The Morgan fingerprint density at radius 3 is 1.09 bits per heavy atom. The molecular weight excluding hydrogens is 726 g/mol. The molecule has 0 amide bonds. The van der Waals surface area contributed by atoms with Gasteiger partial charge in [0, 0.05) is 18.6 Å². The van der Waals surface area contributed by atoms with Crippen LogP contribution in [0, 0.1) is 10.1 Å². The maximum atomic E-state index is 11.6. The number of benzene rings is 1. The van der Waals surface area contributed by atoms with Crippen LogP contribution in [-0.4, -0.2) is 169 Å². The number of nitro benzene ring substituents is 1. The van der Waals surface area contributed by atoms with Crippen molar-refractivity contribution >= 4 is 11.7 Å². The van der Waals surface area contributed by atoms with E-state index in [0.717, 1.165) is 12.8 Å². The molecule has 0 aromatic heterocycles. The van der Waals surface area contributed by atoms with E-state index in [2.05, 4.69) is 6.92 Å². The lowest BCUT2D eigenvalue weighted by Crippen LogP contribution is -2.16. The highest BCUT2D eigenvalue weighted by molar-refractivity contribution is 5.69. The fourth-order valence-electron chi connectivity index (χ4n) is 4.34. The SMILES string of the molecule is CCCCCCCC(=O)OCCOCCOCCOCCOCCOCCOCCOCCOCCOCCOCCOCCOc1ccc([N+](=O)[O-])cc1. The topological polar surface area (TPSA) is 180 Å². The molecule has 55 heavy (non-hydrogen) atoms. The molecule has 1 aromatic rings. The summed E-state index contributed by atoms with van der Waals surface area (Å²) in [6, 6.07) is 5.90. The maximum absolute atomic E-state index is 11.6. The van der Waals surface area contributed by atoms with Crippen LogP contribution >= 0.6 is 0 Å². The number of nitrogens with zero attached hydrogens (tertiary/aromatic N) is 1. The number of unbranched alkanes of at least 4 members (excludes halogenated alkanes) is 4. The molecule has 320 valence electrons. The molecule has 0 aliphatic carbocycles. The summed E-state index contributed by atoms with van der Waals surface area (Å²) in [5.74, 6) is 0.399. The molecule has 0 spiro atoms. The number of rotatable bonds is 44. The van der Waals surface area contributed by atoms with Gasteiger partial charge in [-0.25, -0.2) is 0 Å². The van der Waals surface area contributed by atoms with Crippen molar-refractivity contribution in [3.8, 4) is 5.75 Å². The third-order valence-electron chi connectivity index (χ3n) is 7.24. The summed E-state index contributed by atoms with van der Waals surface area (Å²) < 4.78 is 70.7. The monoisotopic (exact) mass is 793 g/mol. The largest absolute Gasteiger partial charge is 0.491 e. The van der Waals surface area contributed by atoms with E-state index in [0.29, 0.717) is 164 Å². The molecule has 1 aromatic carbocycles. The Kier molecular flexibility index (Phi) is 37.7. The number of hydrogen-bond donors (Lipinski definition) is 0. The van der Waals surface area contributed by atoms with Crippen LogP contribution in [0.25, 0.3) is 0 Å². The Bertz CT molecular complexity index is 974. The van der Waals surface area contributed by atoms with Gasteiger partial charge in [-0.2, -0.15) is 0 Å². The summed E-state index contributed by atoms with van der Waals surface area (Å²) in [4.78, 5) is 21.8. The Morgan fingerprint density at radius 1 is 0.455 bits per heavy atom. The zero-order valence-electron chi connectivity index (χ0n) is 33.0. The second kappa shape index (κ2) is 41.1. The van der Waals surface area contributed by atoms with Crippen molar-refractivity contribution in [3.63, 3.8) is 0 Å². The van der Waals surface area contributed by atoms with E-state index < -0.39 is 4.92 Å². The molecular formula is C38H67NO16. The molecule has 0 atom stereocenters. The first kappa shape index (κ1) is 50.5. The van der Waals surface area contributed by atoms with Crippen molar-refractivity contribution in [2.75, 3.05) is 159 Å². The van der Waals surface area contributed by atoms with Gasteiger partial charge in [-0.15, -0.1) is 0 Å². The van der Waals surface area contributed by atoms with Crippen LogP contribution in [0.1, 0.15) is 45.4 Å². The Hall–Kier alpha value is -2.55. The van der Waals surface area contributed by atoms with Gasteiger partial charge < -0.3 is 61.6 Å². The first-order valence-corrected chi connectivity index (χ1v) is 19.5. The Labute approximate surface area is 326 Å². The number of esters is 1. The molecule has 0 heterocycles. The molecule has 0 bridgehead atoms. The first-order chi connectivity index (χ1) is 27.1. The van der Waals surface area contributed by atoms with Crippen LogP contribution in [0.3, 0.4) is 0 Å². The number of nitro groups is 1. The molecule has 17 nitrogen and oxygen atoms in total. The highest BCUT2D eigenvalue weighted by Crippen LogP contribution is 2.17. The van der Waals surface area contributed by atoms with Gasteiger partial charge in [0.15, 0.2) is 0 Å². The van der Waals surface area contributed by atoms with Crippen molar-refractivity contribution in [1.82, 2.24) is 0 Å². The number of carbonyl (C=O) groups is 1. The van der Waals surface area contributed by atoms with Gasteiger partial charge in [0.25, 0.3) is 5.69 Å². The predicted molar refractivity (Wildman–Crippen MR) is 202 cm³/mol. The third-order valence-corrected chi connectivity index (χ3v) is 7.24. The Balaban J connectivity index is 1.64. The number of ether oxygens (including phenoxy) is 13. The second-order valence-corrected chi connectivity index (χ2v) is 11.7. The lowest BCUT2D eigenvalue weighted by Gasteiger charge is -2.09. The molecule has 0 saturated heterocycles. The molecule has 0 saturated carbocycles. The minimum absolute atomic E-state index is 0.0226. The summed E-state index contributed by atoms with van der Waals surface area (Å²) in [6.45, 7) is 12.9. The average molecular weight is 794 g/mol. The van der Waals surface area contributed by atoms with E-state index in [4.69, 9.17) is 61.6 Å². The lowest BCUT2D eigenvalue weighted by molar-refractivity contribution is -0.384. The summed E-state index contributed by atoms with van der Waals surface area (Å²) in [7, 11) is 0. The van der Waals surface area contributed by atoms with Crippen LogP contribution in [0.5, 0.6) is 5.75 Å². The number of non-ortho nitro benzene ring substituents is 1. The standard InChI is InChI=1S/C38H67NO16/c1-2-3-4-5-6-7-38(40)55-35-33-53-31-29-51-27-25-49-23-21-47-19-17-45-15-13-43-12-14-44-16-18-46-20-22-48-24-26-50-28-30-52-32-34-54-37-10-8-36(9-11-37)39(41)42/h8-11H,2-7,12-35H2,1H3. The van der Waals surface area contributed by atoms with Crippen molar-refractivity contribution in [1.29, 1.82) is 0 Å². The molecule has 0 aliphatic heterocycles. The van der Waals surface area contributed by atoms with Gasteiger partial charge in [-0.3, -0.25) is 14.9 Å². The summed E-state index contributed by atoms with van der Waals surface area (Å²) >= 11 is 0. The van der Waals surface area contributed by atoms with Crippen molar-refractivity contribution in [2.45, 2.75) is 45.4 Å². The summed E-state index contributed by atoms with van der Waals surface area (Å²) in [5, 5.41) is 10.6. The highest BCUT2D eigenvalue weighted by atomic mass is 16.6. The van der Waals surface area contributed by atoms with Gasteiger partial charge in [0.05, 0.1) is 150 Å². The quantitative estimate of drug-likeness (QED) is 0.0399. The lowest BCUT2D eigenvalue weighted by atomic mass is 10.1.